The standard InChI is InChI=1S/C40H79N3O3S/c1-5-9-11-13-15-17-19-21-23-25-27-29-32-42(33-30-28-26-24-22-20-18-16-14-12-10-6-2)40(46)37-47-36-35-43(39(45)8-4)34-31-41-38(44)7-3/h5-37H2,1-4H3,(H,41,44). The van der Waals surface area contributed by atoms with E-state index in [0.717, 1.165) is 31.7 Å². The minimum Gasteiger partial charge on any atom is -0.354 e. The van der Waals surface area contributed by atoms with Crippen molar-refractivity contribution in [3.05, 3.63) is 0 Å². The highest BCUT2D eigenvalue weighted by Gasteiger charge is 2.15. The van der Waals surface area contributed by atoms with Crippen LogP contribution in [0.2, 0.25) is 0 Å². The minimum atomic E-state index is 0.00953. The van der Waals surface area contributed by atoms with Crippen molar-refractivity contribution in [1.29, 1.82) is 0 Å². The Hall–Kier alpha value is -1.24. The molecule has 0 aliphatic heterocycles. The van der Waals surface area contributed by atoms with Gasteiger partial charge in [-0.05, 0) is 12.8 Å². The molecule has 0 rings (SSSR count). The number of nitrogens with zero attached hydrogens (tertiary/aromatic N) is 2. The maximum atomic E-state index is 13.3. The molecule has 47 heavy (non-hydrogen) atoms. The monoisotopic (exact) mass is 682 g/mol. The van der Waals surface area contributed by atoms with Crippen LogP contribution in [0.5, 0.6) is 0 Å². The lowest BCUT2D eigenvalue weighted by molar-refractivity contribution is -0.131. The van der Waals surface area contributed by atoms with E-state index in [1.165, 1.54) is 141 Å². The van der Waals surface area contributed by atoms with Crippen LogP contribution in [0.15, 0.2) is 0 Å². The van der Waals surface area contributed by atoms with Crippen molar-refractivity contribution >= 4 is 29.5 Å². The van der Waals surface area contributed by atoms with Gasteiger partial charge in [0.05, 0.1) is 5.75 Å². The summed E-state index contributed by atoms with van der Waals surface area (Å²) in [5.41, 5.74) is 0. The SMILES string of the molecule is CCCCCCCCCCCCCCN(CCCCCCCCCCCCCC)C(=O)CSCCN(CCNC(=O)CC)C(=O)CC. The van der Waals surface area contributed by atoms with E-state index in [-0.39, 0.29) is 17.7 Å². The van der Waals surface area contributed by atoms with Gasteiger partial charge < -0.3 is 15.1 Å². The van der Waals surface area contributed by atoms with E-state index >= 15 is 0 Å². The Morgan fingerprint density at radius 1 is 0.447 bits per heavy atom. The Bertz CT molecular complexity index is 693. The molecule has 0 bridgehead atoms. The first-order valence-electron chi connectivity index (χ1n) is 20.4. The molecular formula is C40H79N3O3S. The molecule has 0 aromatic carbocycles. The van der Waals surface area contributed by atoms with Gasteiger partial charge in [0.15, 0.2) is 0 Å². The Morgan fingerprint density at radius 2 is 0.830 bits per heavy atom. The molecule has 0 saturated carbocycles. The lowest BCUT2D eigenvalue weighted by Crippen LogP contribution is -2.39. The van der Waals surface area contributed by atoms with Crippen LogP contribution >= 0.6 is 11.8 Å². The molecule has 0 aromatic heterocycles. The van der Waals surface area contributed by atoms with Crippen molar-refractivity contribution in [2.24, 2.45) is 0 Å². The maximum absolute atomic E-state index is 13.3. The molecule has 7 heteroatoms. The summed E-state index contributed by atoms with van der Waals surface area (Å²) in [6, 6.07) is 0. The van der Waals surface area contributed by atoms with Gasteiger partial charge in [-0.25, -0.2) is 0 Å². The highest BCUT2D eigenvalue weighted by atomic mass is 32.2. The normalized spacial score (nSPS) is 11.1. The molecule has 0 fully saturated rings. The van der Waals surface area contributed by atoms with Gasteiger partial charge in [-0.2, -0.15) is 11.8 Å². The molecule has 0 radical (unpaired) electrons. The number of unbranched alkanes of at least 4 members (excludes halogenated alkanes) is 22. The van der Waals surface area contributed by atoms with Gasteiger partial charge >= 0.3 is 0 Å². The van der Waals surface area contributed by atoms with E-state index < -0.39 is 0 Å². The van der Waals surface area contributed by atoms with E-state index in [0.29, 0.717) is 38.2 Å². The van der Waals surface area contributed by atoms with Crippen LogP contribution in [0.4, 0.5) is 0 Å². The molecule has 0 heterocycles. The second-order valence-corrected chi connectivity index (χ2v) is 14.8. The third-order valence-corrected chi connectivity index (χ3v) is 10.2. The predicted octanol–water partition coefficient (Wildman–Crippen LogP) is 10.7. The first kappa shape index (κ1) is 45.8. The van der Waals surface area contributed by atoms with Crippen molar-refractivity contribution in [2.45, 2.75) is 195 Å². The van der Waals surface area contributed by atoms with Crippen molar-refractivity contribution in [1.82, 2.24) is 15.1 Å². The number of hydrogen-bond acceptors (Lipinski definition) is 4. The smallest absolute Gasteiger partial charge is 0.232 e. The van der Waals surface area contributed by atoms with Crippen molar-refractivity contribution in [3.8, 4) is 0 Å². The van der Waals surface area contributed by atoms with Gasteiger partial charge in [0.2, 0.25) is 17.7 Å². The van der Waals surface area contributed by atoms with Crippen LogP contribution in [0.3, 0.4) is 0 Å². The number of hydrogen-bond donors (Lipinski definition) is 1. The molecule has 278 valence electrons. The average Bonchev–Trinajstić information content (AvgIpc) is 3.08. The summed E-state index contributed by atoms with van der Waals surface area (Å²) in [5.74, 6) is 1.59. The van der Waals surface area contributed by atoms with Gasteiger partial charge in [0, 0.05) is 51.3 Å². The third kappa shape index (κ3) is 30.5. The minimum absolute atomic E-state index is 0.00953. The molecule has 0 aromatic rings. The van der Waals surface area contributed by atoms with E-state index in [1.54, 1.807) is 11.8 Å². The molecule has 0 aliphatic rings. The fourth-order valence-corrected chi connectivity index (χ4v) is 6.97. The molecular weight excluding hydrogens is 603 g/mol. The molecule has 3 amide bonds. The van der Waals surface area contributed by atoms with Crippen LogP contribution in [-0.4, -0.2) is 71.8 Å². The molecule has 1 N–H and O–H groups in total. The number of nitrogens with one attached hydrogen (secondary N) is 1. The first-order chi connectivity index (χ1) is 23.0. The summed E-state index contributed by atoms with van der Waals surface area (Å²) in [6.45, 7) is 11.6. The fourth-order valence-electron chi connectivity index (χ4n) is 6.11. The van der Waals surface area contributed by atoms with Gasteiger partial charge in [-0.1, -0.05) is 169 Å². The topological polar surface area (TPSA) is 69.7 Å². The largest absolute Gasteiger partial charge is 0.354 e. The summed E-state index contributed by atoms with van der Waals surface area (Å²) < 4.78 is 0. The molecule has 0 saturated heterocycles. The number of carbonyl (C=O) groups excluding carboxylic acids is 3. The van der Waals surface area contributed by atoms with Crippen LogP contribution in [0.25, 0.3) is 0 Å². The second kappa shape index (κ2) is 36.1. The summed E-state index contributed by atoms with van der Waals surface area (Å²) in [6.07, 6.45) is 32.9. The summed E-state index contributed by atoms with van der Waals surface area (Å²) in [5, 5.41) is 2.86. The molecule has 0 unspecified atom stereocenters. The van der Waals surface area contributed by atoms with E-state index in [4.69, 9.17) is 0 Å². The van der Waals surface area contributed by atoms with Crippen molar-refractivity contribution in [3.63, 3.8) is 0 Å². The van der Waals surface area contributed by atoms with Crippen molar-refractivity contribution in [2.75, 3.05) is 44.2 Å². The number of rotatable bonds is 36. The van der Waals surface area contributed by atoms with Gasteiger partial charge in [0.1, 0.15) is 0 Å². The highest BCUT2D eigenvalue weighted by Crippen LogP contribution is 2.15. The zero-order valence-corrected chi connectivity index (χ0v) is 32.7. The summed E-state index contributed by atoms with van der Waals surface area (Å²) >= 11 is 1.64. The van der Waals surface area contributed by atoms with Crippen LogP contribution < -0.4 is 5.32 Å². The molecule has 0 spiro atoms. The average molecular weight is 682 g/mol. The van der Waals surface area contributed by atoms with E-state index in [9.17, 15) is 14.4 Å². The Kier molecular flexibility index (Phi) is 35.1. The summed E-state index contributed by atoms with van der Waals surface area (Å²) in [7, 11) is 0. The maximum Gasteiger partial charge on any atom is 0.232 e. The predicted molar refractivity (Wildman–Crippen MR) is 206 cm³/mol. The molecule has 6 nitrogen and oxygen atoms in total. The lowest BCUT2D eigenvalue weighted by Gasteiger charge is -2.24. The number of amides is 3. The Labute approximate surface area is 297 Å². The third-order valence-electron chi connectivity index (χ3n) is 9.33. The number of thioether (sulfide) groups is 1. The highest BCUT2D eigenvalue weighted by molar-refractivity contribution is 7.99. The number of carbonyl (C=O) groups is 3. The van der Waals surface area contributed by atoms with Gasteiger partial charge in [0.25, 0.3) is 0 Å². The van der Waals surface area contributed by atoms with Crippen LogP contribution in [0, 0.1) is 0 Å². The molecule has 0 aliphatic carbocycles. The zero-order chi connectivity index (χ0) is 34.6. The van der Waals surface area contributed by atoms with Crippen LogP contribution in [0.1, 0.15) is 195 Å². The molecule has 0 atom stereocenters. The summed E-state index contributed by atoms with van der Waals surface area (Å²) in [4.78, 5) is 41.2. The van der Waals surface area contributed by atoms with E-state index in [2.05, 4.69) is 24.1 Å². The van der Waals surface area contributed by atoms with E-state index in [1.807, 2.05) is 18.7 Å². The van der Waals surface area contributed by atoms with Crippen molar-refractivity contribution < 1.29 is 14.4 Å². The van der Waals surface area contributed by atoms with Gasteiger partial charge in [-0.3, -0.25) is 14.4 Å². The Balaban J connectivity index is 4.45. The fraction of sp³-hybridized carbons (Fsp3) is 0.925. The Morgan fingerprint density at radius 3 is 1.21 bits per heavy atom. The zero-order valence-electron chi connectivity index (χ0n) is 31.9. The second-order valence-electron chi connectivity index (χ2n) is 13.6. The first-order valence-corrected chi connectivity index (χ1v) is 21.5. The van der Waals surface area contributed by atoms with Crippen LogP contribution in [-0.2, 0) is 14.4 Å². The van der Waals surface area contributed by atoms with Gasteiger partial charge in [-0.15, -0.1) is 0 Å². The quantitative estimate of drug-likeness (QED) is 0.0668. The lowest BCUT2D eigenvalue weighted by atomic mass is 10.0.